The maximum atomic E-state index is 11.6. The van der Waals surface area contributed by atoms with Gasteiger partial charge in [0.15, 0.2) is 0 Å². The van der Waals surface area contributed by atoms with Crippen molar-refractivity contribution in [3.8, 4) is 0 Å². The standard InChI is InChI=1S/C10H11N3O2/c1-3-15-10(14)8-4-11-6-9-7(8)5-12-13(9)2/h4-6H,3H2,1-2H3. The molecule has 0 aliphatic rings. The summed E-state index contributed by atoms with van der Waals surface area (Å²) in [6.45, 7) is 2.13. The van der Waals surface area contributed by atoms with Crippen molar-refractivity contribution in [2.75, 3.05) is 6.61 Å². The molecule has 0 saturated carbocycles. The number of aromatic nitrogens is 3. The van der Waals surface area contributed by atoms with Crippen LogP contribution in [0.5, 0.6) is 0 Å². The van der Waals surface area contributed by atoms with Gasteiger partial charge < -0.3 is 4.74 Å². The van der Waals surface area contributed by atoms with Gasteiger partial charge in [-0.1, -0.05) is 0 Å². The van der Waals surface area contributed by atoms with Crippen molar-refractivity contribution in [1.29, 1.82) is 0 Å². The van der Waals surface area contributed by atoms with Gasteiger partial charge in [-0.3, -0.25) is 9.67 Å². The fourth-order valence-electron chi connectivity index (χ4n) is 1.43. The van der Waals surface area contributed by atoms with E-state index in [9.17, 15) is 4.79 Å². The smallest absolute Gasteiger partial charge is 0.340 e. The predicted octanol–water partition coefficient (Wildman–Crippen LogP) is 1.15. The first-order valence-electron chi connectivity index (χ1n) is 4.67. The molecule has 0 N–H and O–H groups in total. The molecule has 5 nitrogen and oxygen atoms in total. The predicted molar refractivity (Wildman–Crippen MR) is 54.5 cm³/mol. The molecular formula is C10H11N3O2. The Morgan fingerprint density at radius 1 is 1.47 bits per heavy atom. The molecule has 2 aromatic rings. The number of rotatable bonds is 2. The van der Waals surface area contributed by atoms with Gasteiger partial charge in [-0.15, -0.1) is 0 Å². The molecule has 0 spiro atoms. The molecule has 0 bridgehead atoms. The minimum atomic E-state index is -0.358. The van der Waals surface area contributed by atoms with E-state index in [1.54, 1.807) is 31.0 Å². The van der Waals surface area contributed by atoms with Gasteiger partial charge in [0.1, 0.15) is 0 Å². The number of pyridine rings is 1. The topological polar surface area (TPSA) is 57.0 Å². The van der Waals surface area contributed by atoms with Crippen molar-refractivity contribution in [3.63, 3.8) is 0 Å². The maximum absolute atomic E-state index is 11.6. The summed E-state index contributed by atoms with van der Waals surface area (Å²) in [7, 11) is 1.80. The lowest BCUT2D eigenvalue weighted by atomic mass is 10.2. The lowest BCUT2D eigenvalue weighted by Gasteiger charge is -2.02. The molecule has 0 unspecified atom stereocenters. The summed E-state index contributed by atoms with van der Waals surface area (Å²) in [6.07, 6.45) is 4.82. The average molecular weight is 205 g/mol. The fraction of sp³-hybridized carbons (Fsp3) is 0.300. The second-order valence-corrected chi connectivity index (χ2v) is 3.11. The van der Waals surface area contributed by atoms with Gasteiger partial charge in [-0.2, -0.15) is 5.10 Å². The van der Waals surface area contributed by atoms with Crippen LogP contribution in [0.4, 0.5) is 0 Å². The number of hydrogen-bond donors (Lipinski definition) is 0. The third-order valence-corrected chi connectivity index (χ3v) is 2.17. The van der Waals surface area contributed by atoms with E-state index in [2.05, 4.69) is 10.1 Å². The van der Waals surface area contributed by atoms with Crippen LogP contribution in [0, 0.1) is 0 Å². The Hall–Kier alpha value is -1.91. The van der Waals surface area contributed by atoms with E-state index in [1.807, 2.05) is 0 Å². The molecule has 2 rings (SSSR count). The van der Waals surface area contributed by atoms with E-state index < -0.39 is 0 Å². The molecule has 2 aromatic heterocycles. The summed E-state index contributed by atoms with van der Waals surface area (Å²) in [6, 6.07) is 0. The summed E-state index contributed by atoms with van der Waals surface area (Å²) in [5, 5.41) is 4.84. The van der Waals surface area contributed by atoms with Gasteiger partial charge in [0, 0.05) is 18.6 Å². The Morgan fingerprint density at radius 2 is 2.27 bits per heavy atom. The molecule has 15 heavy (non-hydrogen) atoms. The normalized spacial score (nSPS) is 10.5. The van der Waals surface area contributed by atoms with Crippen LogP contribution in [0.25, 0.3) is 10.9 Å². The van der Waals surface area contributed by atoms with Crippen LogP contribution in [-0.2, 0) is 11.8 Å². The summed E-state index contributed by atoms with van der Waals surface area (Å²) in [4.78, 5) is 15.6. The largest absolute Gasteiger partial charge is 0.462 e. The lowest BCUT2D eigenvalue weighted by molar-refractivity contribution is 0.0528. The molecule has 0 radical (unpaired) electrons. The van der Waals surface area contributed by atoms with Crippen LogP contribution in [0.2, 0.25) is 0 Å². The van der Waals surface area contributed by atoms with Crippen LogP contribution < -0.4 is 0 Å². The first-order chi connectivity index (χ1) is 7.24. The van der Waals surface area contributed by atoms with Gasteiger partial charge in [-0.05, 0) is 6.92 Å². The first kappa shape index (κ1) is 9.64. The summed E-state index contributed by atoms with van der Waals surface area (Å²) in [5.41, 5.74) is 1.28. The van der Waals surface area contributed by atoms with Crippen molar-refractivity contribution in [2.24, 2.45) is 7.05 Å². The minimum Gasteiger partial charge on any atom is -0.462 e. The third-order valence-electron chi connectivity index (χ3n) is 2.17. The van der Waals surface area contributed by atoms with Crippen LogP contribution >= 0.6 is 0 Å². The summed E-state index contributed by atoms with van der Waals surface area (Å²) in [5.74, 6) is -0.358. The second-order valence-electron chi connectivity index (χ2n) is 3.11. The Labute approximate surface area is 86.7 Å². The number of esters is 1. The molecule has 2 heterocycles. The Balaban J connectivity index is 2.56. The summed E-state index contributed by atoms with van der Waals surface area (Å²) < 4.78 is 6.60. The Kier molecular flexibility index (Phi) is 2.37. The van der Waals surface area contributed by atoms with E-state index >= 15 is 0 Å². The Morgan fingerprint density at radius 3 is 3.00 bits per heavy atom. The van der Waals surface area contributed by atoms with E-state index in [4.69, 9.17) is 4.74 Å². The monoisotopic (exact) mass is 205 g/mol. The zero-order chi connectivity index (χ0) is 10.8. The minimum absolute atomic E-state index is 0.357. The van der Waals surface area contributed by atoms with E-state index in [0.717, 1.165) is 10.9 Å². The van der Waals surface area contributed by atoms with Crippen molar-refractivity contribution in [3.05, 3.63) is 24.2 Å². The molecule has 0 fully saturated rings. The number of carbonyl (C=O) groups excluding carboxylic acids is 1. The van der Waals surface area contributed by atoms with Crippen molar-refractivity contribution in [1.82, 2.24) is 14.8 Å². The quantitative estimate of drug-likeness (QED) is 0.690. The van der Waals surface area contributed by atoms with Gasteiger partial charge in [-0.25, -0.2) is 4.79 Å². The number of carbonyl (C=O) groups is 1. The molecular weight excluding hydrogens is 194 g/mol. The lowest BCUT2D eigenvalue weighted by Crippen LogP contribution is -2.05. The van der Waals surface area contributed by atoms with Gasteiger partial charge in [0.25, 0.3) is 0 Å². The highest BCUT2D eigenvalue weighted by Crippen LogP contribution is 2.16. The molecule has 0 atom stereocenters. The van der Waals surface area contributed by atoms with Gasteiger partial charge in [0.2, 0.25) is 0 Å². The molecule has 78 valence electrons. The van der Waals surface area contributed by atoms with Crippen LogP contribution in [-0.4, -0.2) is 27.3 Å². The molecule has 0 aliphatic heterocycles. The van der Waals surface area contributed by atoms with Crippen LogP contribution in [0.1, 0.15) is 17.3 Å². The number of nitrogens with zero attached hydrogens (tertiary/aromatic N) is 3. The highest BCUT2D eigenvalue weighted by atomic mass is 16.5. The number of hydrogen-bond acceptors (Lipinski definition) is 4. The SMILES string of the molecule is CCOC(=O)c1cncc2c1cnn2C. The zero-order valence-corrected chi connectivity index (χ0v) is 8.60. The molecule has 0 aliphatic carbocycles. The van der Waals surface area contributed by atoms with Crippen molar-refractivity contribution >= 4 is 16.9 Å². The highest BCUT2D eigenvalue weighted by Gasteiger charge is 2.13. The molecule has 0 aromatic carbocycles. The fourth-order valence-corrected chi connectivity index (χ4v) is 1.43. The van der Waals surface area contributed by atoms with Crippen molar-refractivity contribution in [2.45, 2.75) is 6.92 Å². The summed E-state index contributed by atoms with van der Waals surface area (Å²) >= 11 is 0. The van der Waals surface area contributed by atoms with E-state index in [-0.39, 0.29) is 5.97 Å². The average Bonchev–Trinajstić information content (AvgIpc) is 2.61. The highest BCUT2D eigenvalue weighted by molar-refractivity contribution is 6.02. The van der Waals surface area contributed by atoms with Crippen LogP contribution in [0.3, 0.4) is 0 Å². The third kappa shape index (κ3) is 1.56. The van der Waals surface area contributed by atoms with E-state index in [0.29, 0.717) is 12.2 Å². The maximum Gasteiger partial charge on any atom is 0.340 e. The first-order valence-corrected chi connectivity index (χ1v) is 4.67. The molecule has 0 saturated heterocycles. The Bertz CT molecular complexity index is 504. The number of aryl methyl sites for hydroxylation is 1. The molecule has 5 heteroatoms. The van der Waals surface area contributed by atoms with Crippen LogP contribution in [0.15, 0.2) is 18.6 Å². The molecule has 0 amide bonds. The van der Waals surface area contributed by atoms with Crippen molar-refractivity contribution < 1.29 is 9.53 Å². The number of fused-ring (bicyclic) bond motifs is 1. The second kappa shape index (κ2) is 3.68. The van der Waals surface area contributed by atoms with Gasteiger partial charge >= 0.3 is 5.97 Å². The number of ether oxygens (including phenoxy) is 1. The zero-order valence-electron chi connectivity index (χ0n) is 8.60. The van der Waals surface area contributed by atoms with E-state index in [1.165, 1.54) is 6.20 Å². The van der Waals surface area contributed by atoms with Gasteiger partial charge in [0.05, 0.1) is 30.1 Å².